The van der Waals surface area contributed by atoms with Crippen LogP contribution in [0.25, 0.3) is 16.5 Å². The maximum Gasteiger partial charge on any atom is 0.209 e. The van der Waals surface area contributed by atoms with Crippen molar-refractivity contribution in [2.45, 2.75) is 0 Å². The van der Waals surface area contributed by atoms with Crippen molar-refractivity contribution < 1.29 is 9.59 Å². The van der Waals surface area contributed by atoms with Crippen LogP contribution in [-0.2, 0) is 9.59 Å². The predicted octanol–water partition coefficient (Wildman–Crippen LogP) is 4.43. The highest BCUT2D eigenvalue weighted by molar-refractivity contribution is 9.15. The largest absolute Gasteiger partial charge is 0.354 e. The number of benzene rings is 1. The lowest BCUT2D eigenvalue weighted by Gasteiger charge is -2.14. The fourth-order valence-electron chi connectivity index (χ4n) is 2.07. The zero-order valence-corrected chi connectivity index (χ0v) is 14.6. The van der Waals surface area contributed by atoms with Crippen LogP contribution in [0.1, 0.15) is 5.69 Å². The summed E-state index contributed by atoms with van der Waals surface area (Å²) in [5.41, 5.74) is 1.87. The molecule has 0 radical (unpaired) electrons. The van der Waals surface area contributed by atoms with Gasteiger partial charge in [0.1, 0.15) is 0 Å². The lowest BCUT2D eigenvalue weighted by Crippen LogP contribution is -2.16. The summed E-state index contributed by atoms with van der Waals surface area (Å²) in [4.78, 5) is 27.6. The topological polar surface area (TPSA) is 49.9 Å². The van der Waals surface area contributed by atoms with Crippen LogP contribution in [0.15, 0.2) is 43.8 Å². The van der Waals surface area contributed by atoms with Gasteiger partial charge in [-0.1, -0.05) is 18.2 Å². The fraction of sp³-hybridized carbons (Fsp3) is 0. The Morgan fingerprint density at radius 1 is 0.850 bits per heavy atom. The van der Waals surface area contributed by atoms with Gasteiger partial charge in [0.05, 0.1) is 24.7 Å². The Bertz CT molecular complexity index is 797. The van der Waals surface area contributed by atoms with E-state index in [9.17, 15) is 9.59 Å². The number of aromatic nitrogens is 1. The van der Waals surface area contributed by atoms with Gasteiger partial charge in [0.15, 0.2) is 0 Å². The SMILES string of the molecule is O=C1C(Br)=C(Br)C(=O)C(c2cc3ccccc3[nH]2)=C1Br. The van der Waals surface area contributed by atoms with E-state index in [4.69, 9.17) is 0 Å². The first-order valence-electron chi connectivity index (χ1n) is 5.63. The molecule has 2 aromatic rings. The Morgan fingerprint density at radius 3 is 2.20 bits per heavy atom. The van der Waals surface area contributed by atoms with Crippen molar-refractivity contribution in [1.82, 2.24) is 4.98 Å². The van der Waals surface area contributed by atoms with Gasteiger partial charge in [0.25, 0.3) is 0 Å². The smallest absolute Gasteiger partial charge is 0.209 e. The first kappa shape index (κ1) is 14.0. The van der Waals surface area contributed by atoms with Crippen molar-refractivity contribution >= 4 is 75.8 Å². The zero-order chi connectivity index (χ0) is 14.4. The molecule has 6 heteroatoms. The lowest BCUT2D eigenvalue weighted by atomic mass is 10.0. The Kier molecular flexibility index (Phi) is 3.56. The average molecular weight is 460 g/mol. The molecule has 0 fully saturated rings. The number of aromatic amines is 1. The van der Waals surface area contributed by atoms with Gasteiger partial charge >= 0.3 is 0 Å². The van der Waals surface area contributed by atoms with Crippen molar-refractivity contribution in [1.29, 1.82) is 0 Å². The van der Waals surface area contributed by atoms with Crippen LogP contribution >= 0.6 is 47.8 Å². The lowest BCUT2D eigenvalue weighted by molar-refractivity contribution is -0.113. The number of carbonyl (C=O) groups is 2. The molecule has 1 aliphatic carbocycles. The molecule has 0 aliphatic heterocycles. The van der Waals surface area contributed by atoms with Gasteiger partial charge in [0.2, 0.25) is 11.6 Å². The molecule has 1 heterocycles. The second-order valence-corrected chi connectivity index (χ2v) is 6.62. The van der Waals surface area contributed by atoms with E-state index in [0.717, 1.165) is 10.9 Å². The summed E-state index contributed by atoms with van der Waals surface area (Å²) in [6.07, 6.45) is 0. The third kappa shape index (κ3) is 2.06. The van der Waals surface area contributed by atoms with E-state index in [1.54, 1.807) is 0 Å². The number of H-pyrrole nitrogens is 1. The maximum atomic E-state index is 12.4. The molecule has 3 rings (SSSR count). The van der Waals surface area contributed by atoms with Crippen LogP contribution in [0, 0.1) is 0 Å². The van der Waals surface area contributed by atoms with Crippen molar-refractivity contribution in [3.8, 4) is 0 Å². The number of nitrogens with one attached hydrogen (secondary N) is 1. The molecule has 3 nitrogen and oxygen atoms in total. The van der Waals surface area contributed by atoms with E-state index in [0.29, 0.717) is 11.3 Å². The number of hydrogen-bond donors (Lipinski definition) is 1. The summed E-state index contributed by atoms with van der Waals surface area (Å²) < 4.78 is 0.720. The number of allylic oxidation sites excluding steroid dienone is 4. The normalized spacial score (nSPS) is 16.6. The predicted molar refractivity (Wildman–Crippen MR) is 89.0 cm³/mol. The molecule has 0 spiro atoms. The van der Waals surface area contributed by atoms with Gasteiger partial charge in [-0.05, 0) is 59.9 Å². The number of carbonyl (C=O) groups excluding carboxylic acids is 2. The summed E-state index contributed by atoms with van der Waals surface area (Å²) in [6, 6.07) is 9.55. The van der Waals surface area contributed by atoms with Crippen LogP contribution in [0.5, 0.6) is 0 Å². The van der Waals surface area contributed by atoms with Gasteiger partial charge in [-0.25, -0.2) is 0 Å². The first-order chi connectivity index (χ1) is 9.50. The molecule has 1 aliphatic rings. The molecule has 1 aromatic heterocycles. The van der Waals surface area contributed by atoms with Crippen LogP contribution < -0.4 is 0 Å². The molecule has 20 heavy (non-hydrogen) atoms. The van der Waals surface area contributed by atoms with Crippen molar-refractivity contribution in [2.24, 2.45) is 0 Å². The monoisotopic (exact) mass is 457 g/mol. The van der Waals surface area contributed by atoms with E-state index < -0.39 is 0 Å². The molecule has 0 atom stereocenters. The van der Waals surface area contributed by atoms with Gasteiger partial charge < -0.3 is 4.98 Å². The second kappa shape index (κ2) is 5.09. The molecule has 1 N–H and O–H groups in total. The van der Waals surface area contributed by atoms with E-state index in [1.807, 2.05) is 30.3 Å². The number of para-hydroxylation sites is 1. The van der Waals surface area contributed by atoms with Gasteiger partial charge in [-0.2, -0.15) is 0 Å². The maximum absolute atomic E-state index is 12.4. The van der Waals surface area contributed by atoms with E-state index in [-0.39, 0.29) is 25.0 Å². The van der Waals surface area contributed by atoms with Crippen LogP contribution in [0.3, 0.4) is 0 Å². The van der Waals surface area contributed by atoms with E-state index >= 15 is 0 Å². The molecule has 100 valence electrons. The minimum Gasteiger partial charge on any atom is -0.354 e. The molecule has 0 saturated carbocycles. The molecule has 0 amide bonds. The molecular formula is C14H6Br3NO2. The quantitative estimate of drug-likeness (QED) is 0.641. The Labute approximate surface area is 139 Å². The van der Waals surface area contributed by atoms with Crippen molar-refractivity contribution in [2.75, 3.05) is 0 Å². The van der Waals surface area contributed by atoms with Crippen LogP contribution in [-0.4, -0.2) is 16.6 Å². The third-order valence-electron chi connectivity index (χ3n) is 3.04. The Balaban J connectivity index is 2.22. The van der Waals surface area contributed by atoms with Gasteiger partial charge in [-0.15, -0.1) is 0 Å². The van der Waals surface area contributed by atoms with Crippen LogP contribution in [0.4, 0.5) is 0 Å². The Morgan fingerprint density at radius 2 is 1.50 bits per heavy atom. The number of hydrogen-bond acceptors (Lipinski definition) is 2. The Hall–Kier alpha value is -0.980. The molecule has 0 bridgehead atoms. The minimum absolute atomic E-state index is 0.231. The fourth-order valence-corrected chi connectivity index (χ4v) is 3.68. The van der Waals surface area contributed by atoms with Crippen LogP contribution in [0.2, 0.25) is 0 Å². The van der Waals surface area contributed by atoms with Crippen molar-refractivity contribution in [3.05, 3.63) is 49.5 Å². The summed E-state index contributed by atoms with van der Waals surface area (Å²) in [5, 5.41) is 0.986. The highest BCUT2D eigenvalue weighted by atomic mass is 79.9. The number of rotatable bonds is 1. The average Bonchev–Trinajstić information content (AvgIpc) is 2.86. The molecule has 1 aromatic carbocycles. The molecular weight excluding hydrogens is 454 g/mol. The molecule has 0 unspecified atom stereocenters. The number of ketones is 2. The summed E-state index contributed by atoms with van der Waals surface area (Å²) >= 11 is 9.51. The highest BCUT2D eigenvalue weighted by Crippen LogP contribution is 2.38. The summed E-state index contributed by atoms with van der Waals surface area (Å²) in [5.74, 6) is -0.500. The van der Waals surface area contributed by atoms with Crippen molar-refractivity contribution in [3.63, 3.8) is 0 Å². The summed E-state index contributed by atoms with van der Waals surface area (Å²) in [7, 11) is 0. The number of halogens is 3. The van der Waals surface area contributed by atoms with Gasteiger partial charge in [0, 0.05) is 10.9 Å². The van der Waals surface area contributed by atoms with E-state index in [1.165, 1.54) is 0 Å². The van der Waals surface area contributed by atoms with E-state index in [2.05, 4.69) is 52.8 Å². The number of fused-ring (bicyclic) bond motifs is 1. The zero-order valence-electron chi connectivity index (χ0n) is 9.84. The molecule has 0 saturated heterocycles. The third-order valence-corrected chi connectivity index (χ3v) is 5.84. The second-order valence-electron chi connectivity index (χ2n) is 4.25. The minimum atomic E-state index is -0.259. The highest BCUT2D eigenvalue weighted by Gasteiger charge is 2.32. The number of Topliss-reactive ketones (excluding diaryl/α,β-unsaturated/α-hetero) is 2. The summed E-state index contributed by atoms with van der Waals surface area (Å²) in [6.45, 7) is 0. The first-order valence-corrected chi connectivity index (χ1v) is 8.01. The van der Waals surface area contributed by atoms with Gasteiger partial charge in [-0.3, -0.25) is 9.59 Å². The standard InChI is InChI=1S/C14H6Br3NO2/c15-10-9(13(19)11(16)12(17)14(10)20)8-5-6-3-1-2-4-7(6)18-8/h1-5,18H.